The molecule has 8 heteroatoms. The summed E-state index contributed by atoms with van der Waals surface area (Å²) < 4.78 is 12.0. The Morgan fingerprint density at radius 2 is 2.17 bits per heavy atom. The monoisotopic (exact) mass is 335 g/mol. The van der Waals surface area contributed by atoms with Crippen LogP contribution < -0.4 is 16.3 Å². The van der Waals surface area contributed by atoms with Crippen LogP contribution in [0.4, 0.5) is 0 Å². The first kappa shape index (κ1) is 16.8. The summed E-state index contributed by atoms with van der Waals surface area (Å²) in [6.45, 7) is 3.99. The summed E-state index contributed by atoms with van der Waals surface area (Å²) in [5.74, 6) is -1.22. The summed E-state index contributed by atoms with van der Waals surface area (Å²) in [4.78, 5) is 30.6. The summed E-state index contributed by atoms with van der Waals surface area (Å²) in [5.41, 5.74) is -0.252. The van der Waals surface area contributed by atoms with E-state index in [1.54, 1.807) is 7.11 Å². The van der Waals surface area contributed by atoms with E-state index in [0.29, 0.717) is 43.4 Å². The van der Waals surface area contributed by atoms with Gasteiger partial charge in [0.25, 0.3) is 5.56 Å². The molecule has 3 heterocycles. The second-order valence-corrected chi connectivity index (χ2v) is 5.81. The van der Waals surface area contributed by atoms with Gasteiger partial charge in [0.15, 0.2) is 6.23 Å². The van der Waals surface area contributed by atoms with Crippen molar-refractivity contribution in [1.29, 1.82) is 0 Å². The summed E-state index contributed by atoms with van der Waals surface area (Å²) in [6.07, 6.45) is 2.08. The molecule has 24 heavy (non-hydrogen) atoms. The quantitative estimate of drug-likeness (QED) is 0.716. The van der Waals surface area contributed by atoms with Gasteiger partial charge in [-0.15, -0.1) is 0 Å². The van der Waals surface area contributed by atoms with Crippen LogP contribution in [0.25, 0.3) is 6.08 Å². The topological polar surface area (TPSA) is 93.4 Å². The first-order chi connectivity index (χ1) is 11.6. The first-order valence-electron chi connectivity index (χ1n) is 7.98. The molecule has 0 radical (unpaired) electrons. The van der Waals surface area contributed by atoms with E-state index < -0.39 is 11.5 Å². The molecule has 8 nitrogen and oxygen atoms in total. The summed E-state index contributed by atoms with van der Waals surface area (Å²) >= 11 is 0. The van der Waals surface area contributed by atoms with Gasteiger partial charge in [-0.25, -0.2) is 9.79 Å². The fraction of sp³-hybridized carbons (Fsp3) is 0.562. The molecule has 0 amide bonds. The highest BCUT2D eigenvalue weighted by molar-refractivity contribution is 5.87. The molecule has 130 valence electrons. The van der Waals surface area contributed by atoms with Gasteiger partial charge in [0.1, 0.15) is 11.1 Å². The molecule has 0 aromatic carbocycles. The zero-order valence-corrected chi connectivity index (χ0v) is 13.6. The number of morpholine rings is 1. The average Bonchev–Trinajstić information content (AvgIpc) is 2.60. The van der Waals surface area contributed by atoms with Crippen molar-refractivity contribution >= 4 is 12.0 Å². The largest absolute Gasteiger partial charge is 0.477 e. The molecule has 1 N–H and O–H groups in total. The van der Waals surface area contributed by atoms with E-state index in [4.69, 9.17) is 9.47 Å². The Morgan fingerprint density at radius 1 is 1.42 bits per heavy atom. The van der Waals surface area contributed by atoms with E-state index in [1.165, 1.54) is 10.6 Å². The van der Waals surface area contributed by atoms with Crippen LogP contribution in [0, 0.1) is 0 Å². The van der Waals surface area contributed by atoms with Crippen molar-refractivity contribution in [1.82, 2.24) is 9.47 Å². The molecule has 3 rings (SSSR count). The number of pyridine rings is 1. The standard InChI is InChI=1S/C16H21N3O5/c1-23-13-3-2-11-10-12(16(21)22)15(20)19(14(11)17-13)5-4-18-6-8-24-9-7-18/h2,10,13H,3-9H2,1H3,(H,21,22). The Labute approximate surface area is 138 Å². The zero-order chi connectivity index (χ0) is 17.1. The first-order valence-corrected chi connectivity index (χ1v) is 7.98. The van der Waals surface area contributed by atoms with Crippen molar-refractivity contribution in [2.24, 2.45) is 4.99 Å². The number of nitrogens with zero attached hydrogens (tertiary/aromatic N) is 3. The molecule has 2 aliphatic rings. The normalized spacial score (nSPS) is 20.8. The number of aromatic nitrogens is 1. The zero-order valence-electron chi connectivity index (χ0n) is 13.6. The van der Waals surface area contributed by atoms with Crippen LogP contribution in [0.1, 0.15) is 16.8 Å². The number of carbonyl (C=O) groups is 1. The van der Waals surface area contributed by atoms with E-state index in [9.17, 15) is 14.7 Å². The van der Waals surface area contributed by atoms with Gasteiger partial charge in [-0.1, -0.05) is 6.08 Å². The van der Waals surface area contributed by atoms with Gasteiger partial charge in [0.05, 0.1) is 13.2 Å². The third-order valence-corrected chi connectivity index (χ3v) is 4.34. The van der Waals surface area contributed by atoms with E-state index in [0.717, 1.165) is 13.1 Å². The molecule has 1 saturated heterocycles. The lowest BCUT2D eigenvalue weighted by atomic mass is 10.2. The van der Waals surface area contributed by atoms with Crippen LogP contribution in [-0.2, 0) is 16.0 Å². The second-order valence-electron chi connectivity index (χ2n) is 5.81. The highest BCUT2D eigenvalue weighted by Gasteiger charge is 2.18. The molecular weight excluding hydrogens is 314 g/mol. The predicted molar refractivity (Wildman–Crippen MR) is 85.6 cm³/mol. The van der Waals surface area contributed by atoms with Crippen molar-refractivity contribution in [3.05, 3.63) is 32.7 Å². The minimum Gasteiger partial charge on any atom is -0.477 e. The Balaban J connectivity index is 2.00. The lowest BCUT2D eigenvalue weighted by Gasteiger charge is -2.27. The highest BCUT2D eigenvalue weighted by atomic mass is 16.5. The van der Waals surface area contributed by atoms with Crippen LogP contribution in [0.15, 0.2) is 15.9 Å². The van der Waals surface area contributed by atoms with Gasteiger partial charge in [0, 0.05) is 44.9 Å². The van der Waals surface area contributed by atoms with Crippen LogP contribution in [-0.4, -0.2) is 66.7 Å². The van der Waals surface area contributed by atoms with Gasteiger partial charge in [-0.3, -0.25) is 14.3 Å². The van der Waals surface area contributed by atoms with Gasteiger partial charge in [-0.2, -0.15) is 0 Å². The Morgan fingerprint density at radius 3 is 2.83 bits per heavy atom. The number of methoxy groups -OCH3 is 1. The maximum absolute atomic E-state index is 12.6. The summed E-state index contributed by atoms with van der Waals surface area (Å²) in [7, 11) is 1.56. The lowest BCUT2D eigenvalue weighted by molar-refractivity contribution is 0.0360. The molecule has 0 saturated carbocycles. The fourth-order valence-electron chi connectivity index (χ4n) is 2.97. The number of hydrogen-bond acceptors (Lipinski definition) is 6. The summed E-state index contributed by atoms with van der Waals surface area (Å²) in [5, 5.41) is 9.97. The molecule has 1 atom stereocenters. The third-order valence-electron chi connectivity index (χ3n) is 4.34. The minimum absolute atomic E-state index is 0.224. The molecule has 0 bridgehead atoms. The Hall–Kier alpha value is -2.03. The maximum atomic E-state index is 12.6. The van der Waals surface area contributed by atoms with Crippen LogP contribution >= 0.6 is 0 Å². The van der Waals surface area contributed by atoms with Crippen LogP contribution in [0.3, 0.4) is 0 Å². The molecular formula is C16H21N3O5. The van der Waals surface area contributed by atoms with E-state index in [-0.39, 0.29) is 11.8 Å². The third kappa shape index (κ3) is 3.40. The number of rotatable bonds is 5. The van der Waals surface area contributed by atoms with Crippen molar-refractivity contribution in [2.75, 3.05) is 40.0 Å². The average molecular weight is 335 g/mol. The van der Waals surface area contributed by atoms with Crippen molar-refractivity contribution < 1.29 is 19.4 Å². The maximum Gasteiger partial charge on any atom is 0.341 e. The van der Waals surface area contributed by atoms with Gasteiger partial charge < -0.3 is 14.6 Å². The molecule has 0 spiro atoms. The highest BCUT2D eigenvalue weighted by Crippen LogP contribution is 2.02. The number of hydrogen-bond donors (Lipinski definition) is 1. The molecule has 1 unspecified atom stereocenters. The number of ether oxygens (including phenoxy) is 2. The smallest absolute Gasteiger partial charge is 0.341 e. The molecule has 1 aromatic heterocycles. The van der Waals surface area contributed by atoms with Gasteiger partial charge in [0.2, 0.25) is 0 Å². The lowest BCUT2D eigenvalue weighted by Crippen LogP contribution is -2.50. The Bertz CT molecular complexity index is 795. The van der Waals surface area contributed by atoms with E-state index in [2.05, 4.69) is 9.89 Å². The van der Waals surface area contributed by atoms with Gasteiger partial charge >= 0.3 is 5.97 Å². The number of carboxylic acid groups (broad SMARTS) is 1. The fourth-order valence-corrected chi connectivity index (χ4v) is 2.97. The van der Waals surface area contributed by atoms with Crippen molar-refractivity contribution in [2.45, 2.75) is 19.2 Å². The molecule has 2 aliphatic heterocycles. The van der Waals surface area contributed by atoms with Crippen molar-refractivity contribution in [3.63, 3.8) is 0 Å². The Kier molecular flexibility index (Phi) is 5.08. The minimum atomic E-state index is -1.22. The van der Waals surface area contributed by atoms with Crippen LogP contribution in [0.5, 0.6) is 0 Å². The van der Waals surface area contributed by atoms with Gasteiger partial charge in [-0.05, 0) is 6.07 Å². The van der Waals surface area contributed by atoms with Crippen molar-refractivity contribution in [3.8, 4) is 0 Å². The predicted octanol–water partition coefficient (Wildman–Crippen LogP) is -1.34. The SMILES string of the molecule is COC1CC=c2cc(C(=O)O)c(=O)n(CCN3CCOCC3)c2=N1. The number of aromatic carboxylic acids is 1. The molecule has 1 aromatic rings. The second kappa shape index (κ2) is 7.25. The van der Waals surface area contributed by atoms with Crippen LogP contribution in [0.2, 0.25) is 0 Å². The molecule has 1 fully saturated rings. The number of fused-ring (bicyclic) bond motifs is 1. The van der Waals surface area contributed by atoms with E-state index >= 15 is 0 Å². The summed E-state index contributed by atoms with van der Waals surface area (Å²) in [6, 6.07) is 1.40. The molecule has 0 aliphatic carbocycles. The van der Waals surface area contributed by atoms with E-state index in [1.807, 2.05) is 6.08 Å². The number of carboxylic acids is 1.